The predicted molar refractivity (Wildman–Crippen MR) is 117 cm³/mol. The van der Waals surface area contributed by atoms with Crippen LogP contribution in [-0.4, -0.2) is 28.4 Å². The molecule has 4 rings (SSSR count). The highest BCUT2D eigenvalue weighted by Gasteiger charge is 2.33. The van der Waals surface area contributed by atoms with E-state index in [-0.39, 0.29) is 5.91 Å². The van der Waals surface area contributed by atoms with Crippen LogP contribution in [0.25, 0.3) is 0 Å². The van der Waals surface area contributed by atoms with E-state index in [0.29, 0.717) is 19.2 Å². The molecule has 0 aliphatic heterocycles. The quantitative estimate of drug-likeness (QED) is 0.517. The highest BCUT2D eigenvalue weighted by Crippen LogP contribution is 2.30. The summed E-state index contributed by atoms with van der Waals surface area (Å²) in [7, 11) is 0. The van der Waals surface area contributed by atoms with E-state index in [0.717, 1.165) is 47.4 Å². The number of benzene rings is 2. The standard InChI is InChI=1S/C24H26N2O2S/c1-17-6-8-20(9-7-17)24(27)26(21-10-11-21)15-19-4-3-5-22(14-19)28-13-12-23-18(2)25-16-29-23/h3-9,14,16,21H,10-13,15H2,1-2H3. The Morgan fingerprint density at radius 3 is 2.66 bits per heavy atom. The van der Waals surface area contributed by atoms with Crippen LogP contribution < -0.4 is 4.74 Å². The zero-order valence-corrected chi connectivity index (χ0v) is 17.7. The molecule has 1 heterocycles. The van der Waals surface area contributed by atoms with Crippen LogP contribution in [0.2, 0.25) is 0 Å². The number of rotatable bonds is 8. The number of hydrogen-bond donors (Lipinski definition) is 0. The van der Waals surface area contributed by atoms with Crippen molar-refractivity contribution < 1.29 is 9.53 Å². The van der Waals surface area contributed by atoms with Gasteiger partial charge in [-0.15, -0.1) is 11.3 Å². The SMILES string of the molecule is Cc1ccc(C(=O)N(Cc2cccc(OCCc3scnc3C)c2)C2CC2)cc1. The van der Waals surface area contributed by atoms with Crippen LogP contribution in [0.15, 0.2) is 54.0 Å². The van der Waals surface area contributed by atoms with Gasteiger partial charge in [0.2, 0.25) is 0 Å². The second kappa shape index (κ2) is 8.78. The third kappa shape index (κ3) is 5.04. The Hall–Kier alpha value is -2.66. The van der Waals surface area contributed by atoms with E-state index in [1.807, 2.05) is 60.7 Å². The molecule has 0 bridgehead atoms. The van der Waals surface area contributed by atoms with E-state index in [1.54, 1.807) is 11.3 Å². The maximum absolute atomic E-state index is 13.1. The van der Waals surface area contributed by atoms with Crippen LogP contribution in [-0.2, 0) is 13.0 Å². The molecule has 2 aromatic carbocycles. The molecule has 0 saturated heterocycles. The summed E-state index contributed by atoms with van der Waals surface area (Å²) in [5, 5.41) is 0. The molecule has 29 heavy (non-hydrogen) atoms. The molecule has 3 aromatic rings. The minimum atomic E-state index is 0.111. The average Bonchev–Trinajstić information content (AvgIpc) is 3.49. The number of carbonyl (C=O) groups excluding carboxylic acids is 1. The van der Waals surface area contributed by atoms with Crippen molar-refractivity contribution >= 4 is 17.2 Å². The summed E-state index contributed by atoms with van der Waals surface area (Å²) in [5.74, 6) is 0.961. The molecule has 1 fully saturated rings. The van der Waals surface area contributed by atoms with Crippen LogP contribution >= 0.6 is 11.3 Å². The van der Waals surface area contributed by atoms with Gasteiger partial charge < -0.3 is 9.64 Å². The van der Waals surface area contributed by atoms with Gasteiger partial charge in [-0.25, -0.2) is 4.98 Å². The lowest BCUT2D eigenvalue weighted by Crippen LogP contribution is -2.32. The first-order valence-electron chi connectivity index (χ1n) is 10.1. The van der Waals surface area contributed by atoms with E-state index < -0.39 is 0 Å². The lowest BCUT2D eigenvalue weighted by molar-refractivity contribution is 0.0729. The second-order valence-electron chi connectivity index (χ2n) is 7.64. The number of thiazole rings is 1. The first-order chi connectivity index (χ1) is 14.1. The topological polar surface area (TPSA) is 42.4 Å². The highest BCUT2D eigenvalue weighted by molar-refractivity contribution is 7.09. The Morgan fingerprint density at radius 1 is 1.17 bits per heavy atom. The minimum absolute atomic E-state index is 0.111. The average molecular weight is 407 g/mol. The summed E-state index contributed by atoms with van der Waals surface area (Å²) in [4.78, 5) is 20.6. The van der Waals surface area contributed by atoms with Gasteiger partial charge in [-0.05, 0) is 56.5 Å². The molecule has 0 unspecified atom stereocenters. The van der Waals surface area contributed by atoms with Crippen molar-refractivity contribution in [1.29, 1.82) is 0 Å². The van der Waals surface area contributed by atoms with Gasteiger partial charge in [-0.2, -0.15) is 0 Å². The Morgan fingerprint density at radius 2 is 1.97 bits per heavy atom. The molecule has 0 atom stereocenters. The van der Waals surface area contributed by atoms with E-state index in [1.165, 1.54) is 4.88 Å². The fourth-order valence-corrected chi connectivity index (χ4v) is 4.14. The third-order valence-corrected chi connectivity index (χ3v) is 6.24. The molecule has 150 valence electrons. The van der Waals surface area contributed by atoms with Crippen LogP contribution in [0.3, 0.4) is 0 Å². The van der Waals surface area contributed by atoms with Crippen LogP contribution in [0.5, 0.6) is 5.75 Å². The summed E-state index contributed by atoms with van der Waals surface area (Å²) in [6.45, 7) is 5.31. The van der Waals surface area contributed by atoms with Crippen LogP contribution in [0.4, 0.5) is 0 Å². The Kier molecular flexibility index (Phi) is 5.95. The summed E-state index contributed by atoms with van der Waals surface area (Å²) >= 11 is 1.67. The molecule has 5 heteroatoms. The monoisotopic (exact) mass is 406 g/mol. The Bertz CT molecular complexity index is 977. The lowest BCUT2D eigenvalue weighted by Gasteiger charge is -2.23. The minimum Gasteiger partial charge on any atom is -0.493 e. The molecular formula is C24H26N2O2S. The normalized spacial score (nSPS) is 13.3. The van der Waals surface area contributed by atoms with Crippen molar-refractivity contribution in [2.24, 2.45) is 0 Å². The van der Waals surface area contributed by atoms with Crippen molar-refractivity contribution in [1.82, 2.24) is 9.88 Å². The fourth-order valence-electron chi connectivity index (χ4n) is 3.37. The van der Waals surface area contributed by atoms with Crippen LogP contribution in [0.1, 0.15) is 44.9 Å². The zero-order chi connectivity index (χ0) is 20.2. The van der Waals surface area contributed by atoms with Gasteiger partial charge in [-0.3, -0.25) is 4.79 Å². The van der Waals surface area contributed by atoms with Crippen molar-refractivity contribution in [2.75, 3.05) is 6.61 Å². The molecule has 1 aliphatic carbocycles. The van der Waals surface area contributed by atoms with Gasteiger partial charge >= 0.3 is 0 Å². The summed E-state index contributed by atoms with van der Waals surface area (Å²) in [6.07, 6.45) is 3.03. The largest absolute Gasteiger partial charge is 0.493 e. The van der Waals surface area contributed by atoms with Gasteiger partial charge in [0.1, 0.15) is 5.75 Å². The first-order valence-corrected chi connectivity index (χ1v) is 11.0. The molecule has 1 aromatic heterocycles. The Balaban J connectivity index is 1.40. The number of aromatic nitrogens is 1. The number of ether oxygens (including phenoxy) is 1. The molecule has 0 spiro atoms. The molecule has 0 radical (unpaired) electrons. The van der Waals surface area contributed by atoms with E-state index in [4.69, 9.17) is 4.74 Å². The summed E-state index contributed by atoms with van der Waals surface area (Å²) in [6, 6.07) is 16.3. The van der Waals surface area contributed by atoms with Gasteiger partial charge in [0.25, 0.3) is 5.91 Å². The van der Waals surface area contributed by atoms with Gasteiger partial charge in [-0.1, -0.05) is 29.8 Å². The Labute approximate surface area is 176 Å². The van der Waals surface area contributed by atoms with Gasteiger partial charge in [0.05, 0.1) is 17.8 Å². The third-order valence-electron chi connectivity index (χ3n) is 5.24. The van der Waals surface area contributed by atoms with Gasteiger partial charge in [0.15, 0.2) is 0 Å². The number of nitrogens with zero attached hydrogens (tertiary/aromatic N) is 2. The molecule has 1 amide bonds. The predicted octanol–water partition coefficient (Wildman–Crippen LogP) is 5.19. The summed E-state index contributed by atoms with van der Waals surface area (Å²) in [5.41, 5.74) is 5.99. The maximum atomic E-state index is 13.1. The summed E-state index contributed by atoms with van der Waals surface area (Å²) < 4.78 is 5.97. The molecule has 1 saturated carbocycles. The molecule has 0 N–H and O–H groups in total. The molecule has 4 nitrogen and oxygen atoms in total. The fraction of sp³-hybridized carbons (Fsp3) is 0.333. The first kappa shape index (κ1) is 19.6. The van der Waals surface area contributed by atoms with Crippen molar-refractivity contribution in [3.8, 4) is 5.75 Å². The number of aryl methyl sites for hydroxylation is 2. The number of carbonyl (C=O) groups is 1. The number of amides is 1. The second-order valence-corrected chi connectivity index (χ2v) is 8.58. The van der Waals surface area contributed by atoms with Crippen molar-refractivity contribution in [3.63, 3.8) is 0 Å². The van der Waals surface area contributed by atoms with Crippen LogP contribution in [0, 0.1) is 13.8 Å². The molecular weight excluding hydrogens is 380 g/mol. The van der Waals surface area contributed by atoms with Gasteiger partial charge in [0, 0.05) is 29.4 Å². The lowest BCUT2D eigenvalue weighted by atomic mass is 10.1. The highest BCUT2D eigenvalue weighted by atomic mass is 32.1. The van der Waals surface area contributed by atoms with Crippen molar-refractivity contribution in [2.45, 2.75) is 45.7 Å². The van der Waals surface area contributed by atoms with E-state index in [9.17, 15) is 4.79 Å². The van der Waals surface area contributed by atoms with E-state index in [2.05, 4.69) is 17.1 Å². The smallest absolute Gasteiger partial charge is 0.254 e. The zero-order valence-electron chi connectivity index (χ0n) is 16.9. The maximum Gasteiger partial charge on any atom is 0.254 e. The van der Waals surface area contributed by atoms with E-state index >= 15 is 0 Å². The number of hydrogen-bond acceptors (Lipinski definition) is 4. The van der Waals surface area contributed by atoms with Crippen molar-refractivity contribution in [3.05, 3.63) is 81.3 Å². The molecule has 1 aliphatic rings.